The summed E-state index contributed by atoms with van der Waals surface area (Å²) in [5, 5.41) is 11.9. The monoisotopic (exact) mass is 343 g/mol. The van der Waals surface area contributed by atoms with E-state index in [1.165, 1.54) is 0 Å². The number of hydrogen-bond donors (Lipinski definition) is 2. The third-order valence-corrected chi connectivity index (χ3v) is 3.66. The number of alkyl carbamates (subject to hydrolysis) is 1. The summed E-state index contributed by atoms with van der Waals surface area (Å²) in [5.74, 6) is 0.774. The summed E-state index contributed by atoms with van der Waals surface area (Å²) in [6.07, 6.45) is 0.885. The fourth-order valence-corrected chi connectivity index (χ4v) is 2.32. The SMILES string of the molecule is CC(CO)Oc1ccccc1CCCNC(=O)OCc1ccccc1. The fourth-order valence-electron chi connectivity index (χ4n) is 2.32. The van der Waals surface area contributed by atoms with Gasteiger partial charge in [-0.15, -0.1) is 0 Å². The normalized spacial score (nSPS) is 11.6. The number of carbonyl (C=O) groups is 1. The van der Waals surface area contributed by atoms with Gasteiger partial charge in [0.2, 0.25) is 0 Å². The molecule has 1 amide bonds. The van der Waals surface area contributed by atoms with Gasteiger partial charge in [0, 0.05) is 6.54 Å². The zero-order chi connectivity index (χ0) is 17.9. The lowest BCUT2D eigenvalue weighted by atomic mass is 10.1. The Kier molecular flexibility index (Phi) is 7.79. The van der Waals surface area contributed by atoms with Gasteiger partial charge in [-0.3, -0.25) is 0 Å². The Morgan fingerprint density at radius 2 is 1.84 bits per heavy atom. The second-order valence-corrected chi connectivity index (χ2v) is 5.81. The molecule has 5 nitrogen and oxygen atoms in total. The molecule has 2 aromatic rings. The first-order chi connectivity index (χ1) is 12.2. The van der Waals surface area contributed by atoms with E-state index in [1.807, 2.05) is 61.5 Å². The lowest BCUT2D eigenvalue weighted by Gasteiger charge is -2.15. The van der Waals surface area contributed by atoms with Gasteiger partial charge in [0.1, 0.15) is 18.5 Å². The molecule has 5 heteroatoms. The zero-order valence-electron chi connectivity index (χ0n) is 14.5. The van der Waals surface area contributed by atoms with Gasteiger partial charge in [0.25, 0.3) is 0 Å². The van der Waals surface area contributed by atoms with Crippen molar-refractivity contribution in [2.75, 3.05) is 13.2 Å². The largest absolute Gasteiger partial charge is 0.488 e. The first-order valence-corrected chi connectivity index (χ1v) is 8.49. The Morgan fingerprint density at radius 1 is 1.12 bits per heavy atom. The second kappa shape index (κ2) is 10.4. The summed E-state index contributed by atoms with van der Waals surface area (Å²) in [5.41, 5.74) is 2.02. The van der Waals surface area contributed by atoms with Gasteiger partial charge in [-0.25, -0.2) is 4.79 Å². The highest BCUT2D eigenvalue weighted by Crippen LogP contribution is 2.20. The summed E-state index contributed by atoms with van der Waals surface area (Å²) < 4.78 is 10.9. The maximum atomic E-state index is 11.7. The molecule has 0 aliphatic heterocycles. The minimum Gasteiger partial charge on any atom is -0.488 e. The van der Waals surface area contributed by atoms with Gasteiger partial charge in [-0.05, 0) is 37.0 Å². The van der Waals surface area contributed by atoms with E-state index >= 15 is 0 Å². The van der Waals surface area contributed by atoms with Crippen LogP contribution in [0.25, 0.3) is 0 Å². The number of aliphatic hydroxyl groups excluding tert-OH is 1. The number of amides is 1. The van der Waals surface area contributed by atoms with Gasteiger partial charge < -0.3 is 19.9 Å². The van der Waals surface area contributed by atoms with Crippen LogP contribution in [0.2, 0.25) is 0 Å². The van der Waals surface area contributed by atoms with Crippen molar-refractivity contribution in [3.8, 4) is 5.75 Å². The molecule has 0 spiro atoms. The molecule has 0 aliphatic rings. The van der Waals surface area contributed by atoms with Crippen molar-refractivity contribution < 1.29 is 19.4 Å². The zero-order valence-corrected chi connectivity index (χ0v) is 14.5. The molecule has 0 bridgehead atoms. The molecule has 25 heavy (non-hydrogen) atoms. The molecule has 0 aliphatic carbocycles. The fraction of sp³-hybridized carbons (Fsp3) is 0.350. The average molecular weight is 343 g/mol. The minimum absolute atomic E-state index is 0.0247. The molecular weight excluding hydrogens is 318 g/mol. The lowest BCUT2D eigenvalue weighted by Crippen LogP contribution is -2.25. The molecule has 1 atom stereocenters. The van der Waals surface area contributed by atoms with Crippen molar-refractivity contribution in [1.82, 2.24) is 5.32 Å². The highest BCUT2D eigenvalue weighted by molar-refractivity contribution is 5.67. The van der Waals surface area contributed by atoms with Crippen LogP contribution in [0.1, 0.15) is 24.5 Å². The summed E-state index contributed by atoms with van der Waals surface area (Å²) in [6.45, 7) is 2.59. The third kappa shape index (κ3) is 6.85. The van der Waals surface area contributed by atoms with Crippen LogP contribution in [0.15, 0.2) is 54.6 Å². The number of aryl methyl sites for hydroxylation is 1. The topological polar surface area (TPSA) is 67.8 Å². The molecule has 0 heterocycles. The maximum absolute atomic E-state index is 11.7. The molecule has 2 rings (SSSR count). The van der Waals surface area contributed by atoms with Gasteiger partial charge >= 0.3 is 6.09 Å². The third-order valence-electron chi connectivity index (χ3n) is 3.66. The Morgan fingerprint density at radius 3 is 2.60 bits per heavy atom. The molecule has 2 N–H and O–H groups in total. The first-order valence-electron chi connectivity index (χ1n) is 8.49. The van der Waals surface area contributed by atoms with Crippen LogP contribution >= 0.6 is 0 Å². The van der Waals surface area contributed by atoms with E-state index in [2.05, 4.69) is 5.32 Å². The van der Waals surface area contributed by atoms with Crippen LogP contribution in [0, 0.1) is 0 Å². The van der Waals surface area contributed by atoms with E-state index in [-0.39, 0.29) is 19.3 Å². The Bertz CT molecular complexity index is 645. The highest BCUT2D eigenvalue weighted by Gasteiger charge is 2.08. The number of ether oxygens (including phenoxy) is 2. The Labute approximate surface area is 148 Å². The van der Waals surface area contributed by atoms with E-state index in [1.54, 1.807) is 0 Å². The smallest absolute Gasteiger partial charge is 0.407 e. The minimum atomic E-state index is -0.415. The van der Waals surface area contributed by atoms with Gasteiger partial charge in [0.15, 0.2) is 0 Å². The van der Waals surface area contributed by atoms with Crippen LogP contribution in [-0.4, -0.2) is 30.5 Å². The predicted octanol–water partition coefficient (Wildman–Crippen LogP) is 3.31. The van der Waals surface area contributed by atoms with Crippen LogP contribution in [0.4, 0.5) is 4.79 Å². The van der Waals surface area contributed by atoms with E-state index in [0.29, 0.717) is 6.54 Å². The van der Waals surface area contributed by atoms with Crippen molar-refractivity contribution in [3.63, 3.8) is 0 Å². The summed E-state index contributed by atoms with van der Waals surface area (Å²) >= 11 is 0. The maximum Gasteiger partial charge on any atom is 0.407 e. The van der Waals surface area contributed by atoms with E-state index in [0.717, 1.165) is 29.7 Å². The molecule has 0 saturated carbocycles. The van der Waals surface area contributed by atoms with Crippen LogP contribution in [-0.2, 0) is 17.8 Å². The van der Waals surface area contributed by atoms with E-state index in [9.17, 15) is 4.79 Å². The molecule has 1 unspecified atom stereocenters. The number of rotatable bonds is 9. The van der Waals surface area contributed by atoms with E-state index in [4.69, 9.17) is 14.6 Å². The van der Waals surface area contributed by atoms with Gasteiger partial charge in [-0.2, -0.15) is 0 Å². The van der Waals surface area contributed by atoms with Crippen molar-refractivity contribution in [3.05, 3.63) is 65.7 Å². The van der Waals surface area contributed by atoms with Crippen molar-refractivity contribution in [2.24, 2.45) is 0 Å². The van der Waals surface area contributed by atoms with E-state index < -0.39 is 6.09 Å². The summed E-state index contributed by atoms with van der Waals surface area (Å²) in [6, 6.07) is 17.3. The molecule has 0 saturated heterocycles. The predicted molar refractivity (Wildman–Crippen MR) is 96.6 cm³/mol. The number of hydrogen-bond acceptors (Lipinski definition) is 4. The molecule has 0 radical (unpaired) electrons. The Hall–Kier alpha value is -2.53. The molecule has 2 aromatic carbocycles. The Balaban J connectivity index is 1.69. The summed E-state index contributed by atoms with van der Waals surface area (Å²) in [7, 11) is 0. The van der Waals surface area contributed by atoms with Gasteiger partial charge in [0.05, 0.1) is 6.61 Å². The quantitative estimate of drug-likeness (QED) is 0.686. The van der Waals surface area contributed by atoms with Crippen LogP contribution in [0.5, 0.6) is 5.75 Å². The average Bonchev–Trinajstić information content (AvgIpc) is 2.65. The second-order valence-electron chi connectivity index (χ2n) is 5.81. The number of carbonyl (C=O) groups excluding carboxylic acids is 1. The van der Waals surface area contributed by atoms with Crippen molar-refractivity contribution in [2.45, 2.75) is 32.5 Å². The van der Waals surface area contributed by atoms with Crippen molar-refractivity contribution >= 4 is 6.09 Å². The molecular formula is C20H25NO4. The van der Waals surface area contributed by atoms with Crippen LogP contribution < -0.4 is 10.1 Å². The number of benzene rings is 2. The number of nitrogens with one attached hydrogen (secondary N) is 1. The van der Waals surface area contributed by atoms with Crippen LogP contribution in [0.3, 0.4) is 0 Å². The highest BCUT2D eigenvalue weighted by atomic mass is 16.5. The summed E-state index contributed by atoms with van der Waals surface area (Å²) in [4.78, 5) is 11.7. The standard InChI is InChI=1S/C20H25NO4/c1-16(14-22)25-19-12-6-5-10-18(19)11-7-13-21-20(23)24-15-17-8-3-2-4-9-17/h2-6,8-10,12,16,22H,7,11,13-15H2,1H3,(H,21,23). The van der Waals surface area contributed by atoms with Gasteiger partial charge in [-0.1, -0.05) is 48.5 Å². The first kappa shape index (κ1) is 18.8. The molecule has 0 aromatic heterocycles. The number of para-hydroxylation sites is 1. The molecule has 0 fully saturated rings. The lowest BCUT2D eigenvalue weighted by molar-refractivity contribution is 0.128. The van der Waals surface area contributed by atoms with Crippen molar-refractivity contribution in [1.29, 1.82) is 0 Å². The molecule has 134 valence electrons. The number of aliphatic hydroxyl groups is 1.